The van der Waals surface area contributed by atoms with Gasteiger partial charge in [-0.05, 0) is 36.1 Å². The number of thiophene rings is 1. The molecular formula is C23H25N3O3S. The van der Waals surface area contributed by atoms with Crippen molar-refractivity contribution in [2.75, 3.05) is 38.2 Å². The van der Waals surface area contributed by atoms with Crippen LogP contribution in [0, 0.1) is 6.92 Å². The Labute approximate surface area is 180 Å². The number of aryl methyl sites for hydroxylation is 1. The van der Waals surface area contributed by atoms with Gasteiger partial charge in [-0.25, -0.2) is 4.98 Å². The van der Waals surface area contributed by atoms with E-state index in [0.29, 0.717) is 13.1 Å². The molecule has 1 aliphatic heterocycles. The highest BCUT2D eigenvalue weighted by molar-refractivity contribution is 7.12. The molecule has 6 nitrogen and oxygen atoms in total. The lowest BCUT2D eigenvalue weighted by Crippen LogP contribution is -2.49. The van der Waals surface area contributed by atoms with E-state index in [1.54, 1.807) is 7.11 Å². The van der Waals surface area contributed by atoms with Gasteiger partial charge in [-0.2, -0.15) is 0 Å². The van der Waals surface area contributed by atoms with E-state index in [1.165, 1.54) is 11.3 Å². The third-order valence-corrected chi connectivity index (χ3v) is 6.44. The first kappa shape index (κ1) is 20.3. The number of hydrogen-bond donors (Lipinski definition) is 0. The van der Waals surface area contributed by atoms with Crippen LogP contribution in [0.15, 0.2) is 41.8 Å². The minimum absolute atomic E-state index is 0.0433. The van der Waals surface area contributed by atoms with Crippen LogP contribution in [0.3, 0.4) is 0 Å². The van der Waals surface area contributed by atoms with Crippen molar-refractivity contribution in [2.45, 2.75) is 19.8 Å². The molecule has 3 heterocycles. The van der Waals surface area contributed by atoms with Gasteiger partial charge < -0.3 is 14.5 Å². The van der Waals surface area contributed by atoms with E-state index in [-0.39, 0.29) is 24.5 Å². The van der Waals surface area contributed by atoms with Crippen LogP contribution < -0.4 is 9.64 Å². The molecule has 3 aromatic rings. The molecule has 0 atom stereocenters. The van der Waals surface area contributed by atoms with Crippen molar-refractivity contribution in [3.63, 3.8) is 0 Å². The minimum Gasteiger partial charge on any atom is -0.494 e. The van der Waals surface area contributed by atoms with Crippen molar-refractivity contribution >= 4 is 39.7 Å². The second-order valence-electron chi connectivity index (χ2n) is 7.42. The highest BCUT2D eigenvalue weighted by Crippen LogP contribution is 2.29. The summed E-state index contributed by atoms with van der Waals surface area (Å²) < 4.78 is 5.49. The third kappa shape index (κ3) is 4.16. The van der Waals surface area contributed by atoms with Gasteiger partial charge in [-0.15, -0.1) is 11.3 Å². The summed E-state index contributed by atoms with van der Waals surface area (Å²) in [5.41, 5.74) is 2.01. The molecule has 0 radical (unpaired) electrons. The molecule has 1 aromatic carbocycles. The van der Waals surface area contributed by atoms with Gasteiger partial charge in [0.05, 0.1) is 12.0 Å². The third-order valence-electron chi connectivity index (χ3n) is 5.53. The van der Waals surface area contributed by atoms with Crippen LogP contribution in [0.2, 0.25) is 0 Å². The van der Waals surface area contributed by atoms with Gasteiger partial charge >= 0.3 is 0 Å². The Hall–Kier alpha value is -2.93. The first-order valence-corrected chi connectivity index (χ1v) is 11.0. The molecule has 7 heteroatoms. The second-order valence-corrected chi connectivity index (χ2v) is 8.37. The number of aromatic nitrogens is 1. The van der Waals surface area contributed by atoms with Crippen molar-refractivity contribution in [3.8, 4) is 5.75 Å². The van der Waals surface area contributed by atoms with E-state index in [9.17, 15) is 9.59 Å². The number of pyridine rings is 1. The average Bonchev–Trinajstić information content (AvgIpc) is 3.32. The fourth-order valence-electron chi connectivity index (χ4n) is 3.82. The van der Waals surface area contributed by atoms with Gasteiger partial charge in [0.1, 0.15) is 17.1 Å². The van der Waals surface area contributed by atoms with Crippen LogP contribution in [0.1, 0.15) is 28.1 Å². The second kappa shape index (κ2) is 8.83. The molecule has 156 valence electrons. The van der Waals surface area contributed by atoms with Crippen LogP contribution in [0.25, 0.3) is 10.9 Å². The molecule has 0 spiro atoms. The number of para-hydroxylation sites is 1. The first-order valence-electron chi connectivity index (χ1n) is 10.1. The summed E-state index contributed by atoms with van der Waals surface area (Å²) in [4.78, 5) is 34.3. The Morgan fingerprint density at radius 2 is 1.90 bits per heavy atom. The molecule has 4 rings (SSSR count). The maximum atomic E-state index is 12.6. The molecular weight excluding hydrogens is 398 g/mol. The normalized spacial score (nSPS) is 14.2. The lowest BCUT2D eigenvalue weighted by Gasteiger charge is -2.35. The van der Waals surface area contributed by atoms with Crippen molar-refractivity contribution in [1.82, 2.24) is 9.88 Å². The number of ketones is 1. The van der Waals surface area contributed by atoms with Crippen molar-refractivity contribution in [1.29, 1.82) is 0 Å². The van der Waals surface area contributed by atoms with Gasteiger partial charge in [0.25, 0.3) is 0 Å². The van der Waals surface area contributed by atoms with Gasteiger partial charge in [0, 0.05) is 44.4 Å². The molecule has 1 amide bonds. The lowest BCUT2D eigenvalue weighted by molar-refractivity contribution is -0.131. The number of nitrogens with zero attached hydrogens (tertiary/aromatic N) is 3. The predicted octanol–water partition coefficient (Wildman–Crippen LogP) is 3.93. The number of carbonyl (C=O) groups excluding carboxylic acids is 2. The SMILES string of the molecule is COc1cccc2c(C)cc(N3CCN(C(=O)CCC(=O)c4cccs4)CC3)nc12. The number of Topliss-reactive ketones (excluding diaryl/α,β-unsaturated/α-hetero) is 1. The number of piperazine rings is 1. The van der Waals surface area contributed by atoms with E-state index in [2.05, 4.69) is 24.0 Å². The summed E-state index contributed by atoms with van der Waals surface area (Å²) in [6.07, 6.45) is 0.534. The van der Waals surface area contributed by atoms with Gasteiger partial charge in [0.15, 0.2) is 5.78 Å². The number of carbonyl (C=O) groups is 2. The number of anilines is 1. The molecule has 30 heavy (non-hydrogen) atoms. The zero-order valence-electron chi connectivity index (χ0n) is 17.3. The summed E-state index contributed by atoms with van der Waals surface area (Å²) in [6.45, 7) is 4.79. The number of methoxy groups -OCH3 is 1. The van der Waals surface area contributed by atoms with Crippen LogP contribution in [-0.4, -0.2) is 54.9 Å². The molecule has 0 bridgehead atoms. The maximum Gasteiger partial charge on any atom is 0.223 e. The summed E-state index contributed by atoms with van der Waals surface area (Å²) in [5, 5.41) is 2.97. The summed E-state index contributed by atoms with van der Waals surface area (Å²) in [6, 6.07) is 11.7. The first-order chi connectivity index (χ1) is 14.6. The van der Waals surface area contributed by atoms with Crippen LogP contribution in [0.4, 0.5) is 5.82 Å². The molecule has 1 aliphatic rings. The van der Waals surface area contributed by atoms with E-state index in [0.717, 1.165) is 46.0 Å². The standard InChI is InChI=1S/C23H25N3O3S/c1-16-15-21(24-23-17(16)5-3-6-19(23)29-2)25-10-12-26(13-11-25)22(28)9-8-18(27)20-7-4-14-30-20/h3-7,14-15H,8-13H2,1-2H3. The van der Waals surface area contributed by atoms with E-state index in [4.69, 9.17) is 9.72 Å². The minimum atomic E-state index is 0.0433. The summed E-state index contributed by atoms with van der Waals surface area (Å²) in [7, 11) is 1.66. The van der Waals surface area contributed by atoms with E-state index < -0.39 is 0 Å². The number of amides is 1. The molecule has 2 aromatic heterocycles. The number of hydrogen-bond acceptors (Lipinski definition) is 6. The Bertz CT molecular complexity index is 1060. The lowest BCUT2D eigenvalue weighted by atomic mass is 10.1. The Kier molecular flexibility index (Phi) is 5.99. The zero-order chi connectivity index (χ0) is 21.1. The number of ether oxygens (including phenoxy) is 1. The molecule has 0 aliphatic carbocycles. The van der Waals surface area contributed by atoms with Crippen molar-refractivity contribution in [2.24, 2.45) is 0 Å². The zero-order valence-corrected chi connectivity index (χ0v) is 18.1. The molecule has 0 N–H and O–H groups in total. The van der Waals surface area contributed by atoms with Crippen molar-refractivity contribution < 1.29 is 14.3 Å². The smallest absolute Gasteiger partial charge is 0.223 e. The fourth-order valence-corrected chi connectivity index (χ4v) is 4.52. The largest absolute Gasteiger partial charge is 0.494 e. The maximum absolute atomic E-state index is 12.6. The van der Waals surface area contributed by atoms with Crippen LogP contribution in [-0.2, 0) is 4.79 Å². The molecule has 0 unspecified atom stereocenters. The Morgan fingerprint density at radius 1 is 1.10 bits per heavy atom. The number of benzene rings is 1. The van der Waals surface area contributed by atoms with Crippen molar-refractivity contribution in [3.05, 3.63) is 52.2 Å². The van der Waals surface area contributed by atoms with Gasteiger partial charge in [-0.1, -0.05) is 18.2 Å². The number of fused-ring (bicyclic) bond motifs is 1. The highest BCUT2D eigenvalue weighted by Gasteiger charge is 2.23. The fraction of sp³-hybridized carbons (Fsp3) is 0.348. The molecule has 1 fully saturated rings. The summed E-state index contributed by atoms with van der Waals surface area (Å²) in [5.74, 6) is 1.76. The predicted molar refractivity (Wildman–Crippen MR) is 120 cm³/mol. The number of rotatable bonds is 6. The summed E-state index contributed by atoms with van der Waals surface area (Å²) >= 11 is 1.42. The average molecular weight is 424 g/mol. The van der Waals surface area contributed by atoms with E-state index in [1.807, 2.05) is 34.5 Å². The Morgan fingerprint density at radius 3 is 2.60 bits per heavy atom. The highest BCUT2D eigenvalue weighted by atomic mass is 32.1. The molecule has 1 saturated heterocycles. The topological polar surface area (TPSA) is 62.7 Å². The molecule has 0 saturated carbocycles. The van der Waals surface area contributed by atoms with Crippen LogP contribution in [0.5, 0.6) is 5.75 Å². The monoisotopic (exact) mass is 423 g/mol. The Balaban J connectivity index is 1.38. The quantitative estimate of drug-likeness (QED) is 0.562. The van der Waals surface area contributed by atoms with Gasteiger partial charge in [-0.3, -0.25) is 9.59 Å². The van der Waals surface area contributed by atoms with Crippen LogP contribution >= 0.6 is 11.3 Å². The van der Waals surface area contributed by atoms with Gasteiger partial charge in [0.2, 0.25) is 5.91 Å². The van der Waals surface area contributed by atoms with E-state index >= 15 is 0 Å².